The molecule has 1 atom stereocenters. The van der Waals surface area contributed by atoms with Crippen LogP contribution in [0.3, 0.4) is 0 Å². The molecule has 0 radical (unpaired) electrons. The van der Waals surface area contributed by atoms with E-state index in [9.17, 15) is 9.59 Å². The van der Waals surface area contributed by atoms with Crippen LogP contribution in [0.4, 0.5) is 0 Å². The fraction of sp³-hybridized carbons (Fsp3) is 0.250. The summed E-state index contributed by atoms with van der Waals surface area (Å²) in [4.78, 5) is 28.4. The molecule has 1 unspecified atom stereocenters. The monoisotopic (exact) mass is 342 g/mol. The van der Waals surface area contributed by atoms with Crippen LogP contribution in [-0.2, 0) is 4.79 Å². The maximum absolute atomic E-state index is 12.8. The quantitative estimate of drug-likeness (QED) is 0.732. The van der Waals surface area contributed by atoms with Crippen molar-refractivity contribution < 1.29 is 9.90 Å². The van der Waals surface area contributed by atoms with Gasteiger partial charge in [-0.05, 0) is 24.6 Å². The summed E-state index contributed by atoms with van der Waals surface area (Å²) in [5, 5.41) is 14.3. The number of carboxylic acids is 1. The van der Waals surface area contributed by atoms with Gasteiger partial charge in [-0.15, -0.1) is 0 Å². The Morgan fingerprint density at radius 2 is 2.29 bits per heavy atom. The summed E-state index contributed by atoms with van der Waals surface area (Å²) < 4.78 is 3.14. The number of aryl methyl sites for hydroxylation is 1. The molecule has 1 aliphatic heterocycles. The highest BCUT2D eigenvalue weighted by atomic mass is 32.2. The van der Waals surface area contributed by atoms with E-state index in [0.29, 0.717) is 21.9 Å². The largest absolute Gasteiger partial charge is 0.481 e. The minimum absolute atomic E-state index is 0.0842. The highest BCUT2D eigenvalue weighted by molar-refractivity contribution is 7.99. The molecule has 24 heavy (non-hydrogen) atoms. The lowest BCUT2D eigenvalue weighted by molar-refractivity contribution is -0.137. The van der Waals surface area contributed by atoms with E-state index in [1.165, 1.54) is 22.5 Å². The van der Waals surface area contributed by atoms with Gasteiger partial charge in [0.25, 0.3) is 5.56 Å². The molecule has 0 saturated carbocycles. The second kappa shape index (κ2) is 5.48. The van der Waals surface area contributed by atoms with Crippen LogP contribution in [0.25, 0.3) is 16.7 Å². The average molecular weight is 342 g/mol. The van der Waals surface area contributed by atoms with Crippen molar-refractivity contribution in [2.45, 2.75) is 24.5 Å². The van der Waals surface area contributed by atoms with Crippen LogP contribution < -0.4 is 5.56 Å². The number of nitrogens with zero attached hydrogens (tertiary/aromatic N) is 4. The van der Waals surface area contributed by atoms with Gasteiger partial charge in [-0.3, -0.25) is 14.2 Å². The van der Waals surface area contributed by atoms with E-state index in [1.54, 1.807) is 4.68 Å². The van der Waals surface area contributed by atoms with E-state index in [4.69, 9.17) is 5.11 Å². The number of hydrogen-bond donors (Lipinski definition) is 1. The molecule has 0 aliphatic carbocycles. The van der Waals surface area contributed by atoms with Gasteiger partial charge in [-0.2, -0.15) is 5.10 Å². The zero-order valence-electron chi connectivity index (χ0n) is 12.8. The maximum Gasteiger partial charge on any atom is 0.305 e. The van der Waals surface area contributed by atoms with Gasteiger partial charge in [0.2, 0.25) is 0 Å². The maximum atomic E-state index is 12.8. The van der Waals surface area contributed by atoms with E-state index in [-0.39, 0.29) is 18.0 Å². The van der Waals surface area contributed by atoms with Crippen LogP contribution >= 0.6 is 11.8 Å². The average Bonchev–Trinajstić information content (AvgIpc) is 3.12. The number of carbonyl (C=O) groups is 1. The van der Waals surface area contributed by atoms with Gasteiger partial charge in [0, 0.05) is 5.75 Å². The number of carboxylic acid groups (broad SMARTS) is 1. The Balaban J connectivity index is 1.90. The fourth-order valence-corrected chi connectivity index (χ4v) is 4.06. The Morgan fingerprint density at radius 3 is 3.04 bits per heavy atom. The lowest BCUT2D eigenvalue weighted by atomic mass is 10.2. The van der Waals surface area contributed by atoms with Crippen molar-refractivity contribution in [3.8, 4) is 5.69 Å². The van der Waals surface area contributed by atoms with Crippen molar-refractivity contribution in [2.24, 2.45) is 0 Å². The smallest absolute Gasteiger partial charge is 0.305 e. The molecule has 122 valence electrons. The number of aliphatic carboxylic acids is 1. The number of benzene rings is 1. The van der Waals surface area contributed by atoms with Crippen molar-refractivity contribution in [1.82, 2.24) is 19.3 Å². The number of aromatic nitrogens is 4. The van der Waals surface area contributed by atoms with Gasteiger partial charge in [-0.25, -0.2) is 9.67 Å². The zero-order chi connectivity index (χ0) is 16.8. The Labute approximate surface area is 140 Å². The molecule has 0 saturated heterocycles. The minimum Gasteiger partial charge on any atom is -0.481 e. The molecule has 7 nitrogen and oxygen atoms in total. The van der Waals surface area contributed by atoms with Crippen LogP contribution in [0.2, 0.25) is 0 Å². The Kier molecular flexibility index (Phi) is 3.42. The van der Waals surface area contributed by atoms with Gasteiger partial charge in [0.05, 0.1) is 24.3 Å². The summed E-state index contributed by atoms with van der Waals surface area (Å²) >= 11 is 1.40. The third kappa shape index (κ3) is 2.30. The molecule has 1 aliphatic rings. The summed E-state index contributed by atoms with van der Waals surface area (Å²) in [6, 6.07) is 7.43. The highest BCUT2D eigenvalue weighted by Crippen LogP contribution is 2.33. The third-order valence-electron chi connectivity index (χ3n) is 4.03. The van der Waals surface area contributed by atoms with E-state index < -0.39 is 5.97 Å². The van der Waals surface area contributed by atoms with E-state index in [0.717, 1.165) is 11.3 Å². The SMILES string of the molecule is Cc1cccc(-n2ncc3c(=O)n4c(nc32)SCC4CC(=O)O)c1. The van der Waals surface area contributed by atoms with E-state index >= 15 is 0 Å². The van der Waals surface area contributed by atoms with Crippen LogP contribution in [0, 0.1) is 6.92 Å². The lowest BCUT2D eigenvalue weighted by Gasteiger charge is -2.11. The minimum atomic E-state index is -0.920. The molecule has 2 aromatic heterocycles. The van der Waals surface area contributed by atoms with Crippen LogP contribution in [0.15, 0.2) is 40.4 Å². The van der Waals surface area contributed by atoms with Crippen molar-refractivity contribution in [3.63, 3.8) is 0 Å². The normalized spacial score (nSPS) is 16.5. The third-order valence-corrected chi connectivity index (χ3v) is 5.12. The predicted octanol–water partition coefficient (Wildman–Crippen LogP) is 2.01. The molecule has 3 aromatic rings. The van der Waals surface area contributed by atoms with Gasteiger partial charge < -0.3 is 5.11 Å². The number of hydrogen-bond acceptors (Lipinski definition) is 5. The summed E-state index contributed by atoms with van der Waals surface area (Å²) in [5.41, 5.74) is 2.20. The molecule has 0 fully saturated rings. The van der Waals surface area contributed by atoms with Gasteiger partial charge in [0.15, 0.2) is 10.8 Å². The van der Waals surface area contributed by atoms with Gasteiger partial charge in [0.1, 0.15) is 5.39 Å². The summed E-state index contributed by atoms with van der Waals surface area (Å²) in [6.07, 6.45) is 1.42. The first-order chi connectivity index (χ1) is 11.5. The molecular weight excluding hydrogens is 328 g/mol. The van der Waals surface area contributed by atoms with E-state index in [2.05, 4.69) is 10.1 Å². The zero-order valence-corrected chi connectivity index (χ0v) is 13.7. The first-order valence-electron chi connectivity index (χ1n) is 7.46. The first-order valence-corrected chi connectivity index (χ1v) is 8.45. The standard InChI is InChI=1S/C16H14N4O3S/c1-9-3-2-4-10(5-9)20-14-12(7-17-20)15(23)19-11(6-13(21)22)8-24-16(19)18-14/h2-5,7,11H,6,8H2,1H3,(H,21,22). The molecule has 0 bridgehead atoms. The van der Waals surface area contributed by atoms with Gasteiger partial charge in [-0.1, -0.05) is 23.9 Å². The Bertz CT molecular complexity index is 1020. The number of fused-ring (bicyclic) bond motifs is 2. The second-order valence-electron chi connectivity index (χ2n) is 5.76. The fourth-order valence-electron chi connectivity index (χ4n) is 2.93. The van der Waals surface area contributed by atoms with Gasteiger partial charge >= 0.3 is 5.97 Å². The van der Waals surface area contributed by atoms with Crippen molar-refractivity contribution in [2.75, 3.05) is 5.75 Å². The van der Waals surface area contributed by atoms with Crippen molar-refractivity contribution in [3.05, 3.63) is 46.4 Å². The summed E-state index contributed by atoms with van der Waals surface area (Å²) in [5.74, 6) is -0.380. The van der Waals surface area contributed by atoms with E-state index in [1.807, 2.05) is 31.2 Å². The molecule has 3 heterocycles. The molecule has 4 rings (SSSR count). The van der Waals surface area contributed by atoms with Crippen molar-refractivity contribution >= 4 is 28.8 Å². The number of rotatable bonds is 3. The summed E-state index contributed by atoms with van der Waals surface area (Å²) in [6.45, 7) is 1.99. The van der Waals surface area contributed by atoms with Crippen molar-refractivity contribution in [1.29, 1.82) is 0 Å². The second-order valence-corrected chi connectivity index (χ2v) is 6.75. The molecular formula is C16H14N4O3S. The predicted molar refractivity (Wildman–Crippen MR) is 89.9 cm³/mol. The molecule has 8 heteroatoms. The Hall–Kier alpha value is -2.61. The molecule has 1 aromatic carbocycles. The highest BCUT2D eigenvalue weighted by Gasteiger charge is 2.29. The van der Waals surface area contributed by atoms with Crippen LogP contribution in [0.1, 0.15) is 18.0 Å². The number of thioether (sulfide) groups is 1. The topological polar surface area (TPSA) is 90.0 Å². The van der Waals surface area contributed by atoms with Crippen LogP contribution in [-0.4, -0.2) is 36.2 Å². The summed E-state index contributed by atoms with van der Waals surface area (Å²) in [7, 11) is 0. The van der Waals surface area contributed by atoms with Crippen LogP contribution in [0.5, 0.6) is 0 Å². The first kappa shape index (κ1) is 14.9. The molecule has 1 N–H and O–H groups in total. The Morgan fingerprint density at radius 1 is 1.46 bits per heavy atom. The molecule has 0 amide bonds. The lowest BCUT2D eigenvalue weighted by Crippen LogP contribution is -2.26. The molecule has 0 spiro atoms.